The number of carbonyl (C=O) groups is 3. The molecule has 0 radical (unpaired) electrons. The van der Waals surface area contributed by atoms with Crippen LogP contribution in [0.15, 0.2) is 36.4 Å². The van der Waals surface area contributed by atoms with Gasteiger partial charge in [0.15, 0.2) is 5.79 Å². The maximum Gasteiger partial charge on any atom is 0.307 e. The van der Waals surface area contributed by atoms with Gasteiger partial charge in [-0.25, -0.2) is 0 Å². The second-order valence-electron chi connectivity index (χ2n) is 13.6. The number of hydrogen-bond acceptors (Lipinski definition) is 6. The SMILES string of the molecule is CCCCCCCCCC(=CC(=O)N[C@H]1CCCC[C@@H]1OC(=O)CCNC(=O)C1OC(C)(C)OCC1(C)C)c1ccccc1. The van der Waals surface area contributed by atoms with Crippen LogP contribution in [0.4, 0.5) is 0 Å². The van der Waals surface area contributed by atoms with Gasteiger partial charge in [0, 0.05) is 18.0 Å². The van der Waals surface area contributed by atoms with E-state index in [2.05, 4.69) is 29.7 Å². The third-order valence-electron chi connectivity index (χ3n) is 8.58. The lowest BCUT2D eigenvalue weighted by Gasteiger charge is -2.44. The zero-order chi connectivity index (χ0) is 32.0. The highest BCUT2D eigenvalue weighted by Crippen LogP contribution is 2.35. The van der Waals surface area contributed by atoms with E-state index in [1.165, 1.54) is 32.1 Å². The van der Waals surface area contributed by atoms with Gasteiger partial charge in [-0.05, 0) is 57.1 Å². The molecule has 8 heteroatoms. The predicted octanol–water partition coefficient (Wildman–Crippen LogP) is 6.87. The van der Waals surface area contributed by atoms with E-state index >= 15 is 0 Å². The minimum Gasteiger partial charge on any atom is -0.460 e. The number of unbranched alkanes of at least 4 members (excludes halogenated alkanes) is 6. The van der Waals surface area contributed by atoms with Crippen molar-refractivity contribution < 1.29 is 28.6 Å². The molecule has 1 saturated carbocycles. The Morgan fingerprint density at radius 3 is 2.34 bits per heavy atom. The highest BCUT2D eigenvalue weighted by Gasteiger charge is 2.45. The van der Waals surface area contributed by atoms with Crippen molar-refractivity contribution in [2.24, 2.45) is 5.41 Å². The lowest BCUT2D eigenvalue weighted by Crippen LogP contribution is -2.56. The number of benzene rings is 1. The molecule has 3 rings (SSSR count). The van der Waals surface area contributed by atoms with Crippen LogP contribution in [-0.4, -0.2) is 55.0 Å². The number of nitrogens with one attached hydrogen (secondary N) is 2. The summed E-state index contributed by atoms with van der Waals surface area (Å²) in [7, 11) is 0. The van der Waals surface area contributed by atoms with Crippen LogP contribution in [0.5, 0.6) is 0 Å². The van der Waals surface area contributed by atoms with Crippen LogP contribution in [0, 0.1) is 5.41 Å². The van der Waals surface area contributed by atoms with Gasteiger partial charge in [-0.3, -0.25) is 14.4 Å². The standard InChI is InChI=1S/C36H56N2O6/c1-6-7-8-9-10-11-13-20-28(27-18-14-12-15-19-27)25-31(39)38-29-21-16-17-22-30(29)43-32(40)23-24-37-34(41)33-35(2,3)26-42-36(4,5)44-33/h12,14-15,18-19,25,29-30,33H,6-11,13,16-17,20-24,26H2,1-5H3,(H,37,41)(H,38,39)/t29-,30-,33?/m0/s1. The molecule has 2 fully saturated rings. The van der Waals surface area contributed by atoms with Crippen LogP contribution in [0.2, 0.25) is 0 Å². The summed E-state index contributed by atoms with van der Waals surface area (Å²) in [6.45, 7) is 10.2. The summed E-state index contributed by atoms with van der Waals surface area (Å²) >= 11 is 0. The molecule has 44 heavy (non-hydrogen) atoms. The van der Waals surface area contributed by atoms with Gasteiger partial charge in [-0.2, -0.15) is 0 Å². The molecule has 1 aliphatic heterocycles. The summed E-state index contributed by atoms with van der Waals surface area (Å²) in [6, 6.07) is 9.87. The summed E-state index contributed by atoms with van der Waals surface area (Å²) in [5, 5.41) is 5.97. The Labute approximate surface area is 265 Å². The number of ether oxygens (including phenoxy) is 3. The first-order valence-corrected chi connectivity index (χ1v) is 16.9. The third kappa shape index (κ3) is 12.0. The van der Waals surface area contributed by atoms with Gasteiger partial charge in [-0.1, -0.05) is 96.0 Å². The predicted molar refractivity (Wildman–Crippen MR) is 174 cm³/mol. The maximum atomic E-state index is 13.2. The summed E-state index contributed by atoms with van der Waals surface area (Å²) in [4.78, 5) is 38.9. The quantitative estimate of drug-likeness (QED) is 0.120. The van der Waals surface area contributed by atoms with Crippen molar-refractivity contribution in [2.75, 3.05) is 13.2 Å². The molecule has 3 atom stereocenters. The lowest BCUT2D eigenvalue weighted by atomic mass is 9.85. The number of carbonyl (C=O) groups excluding carboxylic acids is 3. The molecule has 1 aliphatic carbocycles. The first-order valence-electron chi connectivity index (χ1n) is 16.9. The van der Waals surface area contributed by atoms with Gasteiger partial charge in [0.25, 0.3) is 0 Å². The fourth-order valence-electron chi connectivity index (χ4n) is 5.94. The second-order valence-corrected chi connectivity index (χ2v) is 13.6. The summed E-state index contributed by atoms with van der Waals surface area (Å²) < 4.78 is 17.4. The second kappa shape index (κ2) is 17.7. The highest BCUT2D eigenvalue weighted by molar-refractivity contribution is 5.95. The van der Waals surface area contributed by atoms with Crippen molar-refractivity contribution in [3.63, 3.8) is 0 Å². The van der Waals surface area contributed by atoms with Gasteiger partial charge in [0.1, 0.15) is 12.2 Å². The summed E-state index contributed by atoms with van der Waals surface area (Å²) in [6.07, 6.45) is 13.5. The molecule has 246 valence electrons. The first-order chi connectivity index (χ1) is 21.0. The molecule has 1 heterocycles. The van der Waals surface area contributed by atoms with E-state index in [4.69, 9.17) is 14.2 Å². The third-order valence-corrected chi connectivity index (χ3v) is 8.58. The summed E-state index contributed by atoms with van der Waals surface area (Å²) in [5.74, 6) is -1.64. The Hall–Kier alpha value is -2.71. The maximum absolute atomic E-state index is 13.2. The van der Waals surface area contributed by atoms with Gasteiger partial charge in [0.05, 0.1) is 19.1 Å². The van der Waals surface area contributed by atoms with Crippen LogP contribution in [0.3, 0.4) is 0 Å². The topological polar surface area (TPSA) is 103 Å². The van der Waals surface area contributed by atoms with Crippen LogP contribution in [-0.2, 0) is 28.6 Å². The number of rotatable bonds is 16. The molecule has 1 aromatic rings. The zero-order valence-corrected chi connectivity index (χ0v) is 27.8. The number of esters is 1. The molecule has 2 aliphatic rings. The van der Waals surface area contributed by atoms with E-state index in [0.29, 0.717) is 13.0 Å². The van der Waals surface area contributed by atoms with E-state index < -0.39 is 17.3 Å². The fourth-order valence-corrected chi connectivity index (χ4v) is 5.94. The van der Waals surface area contributed by atoms with Crippen molar-refractivity contribution in [3.05, 3.63) is 42.0 Å². The Kier molecular flexibility index (Phi) is 14.4. The van der Waals surface area contributed by atoms with E-state index in [1.54, 1.807) is 19.9 Å². The van der Waals surface area contributed by atoms with Crippen molar-refractivity contribution in [3.8, 4) is 0 Å². The van der Waals surface area contributed by atoms with Gasteiger partial charge in [0.2, 0.25) is 11.8 Å². The van der Waals surface area contributed by atoms with Crippen molar-refractivity contribution in [1.29, 1.82) is 0 Å². The molecule has 8 nitrogen and oxygen atoms in total. The number of allylic oxidation sites excluding steroid dienone is 1. The minimum absolute atomic E-state index is 0.0481. The molecular formula is C36H56N2O6. The van der Waals surface area contributed by atoms with Crippen LogP contribution < -0.4 is 10.6 Å². The highest BCUT2D eigenvalue weighted by atomic mass is 16.7. The average molecular weight is 613 g/mol. The van der Waals surface area contributed by atoms with Crippen molar-refractivity contribution in [2.45, 2.75) is 142 Å². The first kappa shape index (κ1) is 35.8. The van der Waals surface area contributed by atoms with Crippen molar-refractivity contribution in [1.82, 2.24) is 10.6 Å². The van der Waals surface area contributed by atoms with Crippen molar-refractivity contribution >= 4 is 23.4 Å². The minimum atomic E-state index is -0.845. The molecule has 1 unspecified atom stereocenters. The van der Waals surface area contributed by atoms with E-state index in [0.717, 1.165) is 49.7 Å². The number of hydrogen-bond donors (Lipinski definition) is 2. The number of amides is 2. The Balaban J connectivity index is 1.50. The van der Waals surface area contributed by atoms with Crippen LogP contribution in [0.25, 0.3) is 5.57 Å². The largest absolute Gasteiger partial charge is 0.460 e. The fraction of sp³-hybridized carbons (Fsp3) is 0.694. The van der Waals surface area contributed by atoms with E-state index in [9.17, 15) is 14.4 Å². The lowest BCUT2D eigenvalue weighted by molar-refractivity contribution is -0.304. The molecule has 0 spiro atoms. The Bertz CT molecular complexity index is 1080. The van der Waals surface area contributed by atoms with Crippen LogP contribution in [0.1, 0.15) is 124 Å². The molecule has 2 amide bonds. The molecular weight excluding hydrogens is 556 g/mol. The monoisotopic (exact) mass is 612 g/mol. The average Bonchev–Trinajstić information content (AvgIpc) is 2.99. The van der Waals surface area contributed by atoms with Gasteiger partial charge in [-0.15, -0.1) is 0 Å². The normalized spacial score (nSPS) is 23.0. The summed E-state index contributed by atoms with van der Waals surface area (Å²) in [5.41, 5.74) is 1.62. The van der Waals surface area contributed by atoms with E-state index in [1.807, 2.05) is 32.0 Å². The molecule has 2 N–H and O–H groups in total. The Morgan fingerprint density at radius 1 is 0.932 bits per heavy atom. The zero-order valence-electron chi connectivity index (χ0n) is 27.8. The molecule has 0 aromatic heterocycles. The van der Waals surface area contributed by atoms with Gasteiger partial charge < -0.3 is 24.8 Å². The molecule has 0 bridgehead atoms. The van der Waals surface area contributed by atoms with Crippen LogP contribution >= 0.6 is 0 Å². The smallest absolute Gasteiger partial charge is 0.307 e. The Morgan fingerprint density at radius 2 is 1.61 bits per heavy atom. The van der Waals surface area contributed by atoms with Gasteiger partial charge >= 0.3 is 5.97 Å². The van der Waals surface area contributed by atoms with E-state index in [-0.39, 0.29) is 42.9 Å². The molecule has 1 aromatic carbocycles. The molecule has 1 saturated heterocycles.